The van der Waals surface area contributed by atoms with Crippen molar-refractivity contribution >= 4 is 33.9 Å². The van der Waals surface area contributed by atoms with E-state index in [2.05, 4.69) is 4.98 Å². The van der Waals surface area contributed by atoms with Gasteiger partial charge in [-0.15, -0.1) is 22.9 Å². The van der Waals surface area contributed by atoms with Gasteiger partial charge in [-0.25, -0.2) is 4.98 Å². The molecule has 1 heterocycles. The SMILES string of the molecule is CN(C)c1nc(C(=O)CCl)cs1. The van der Waals surface area contributed by atoms with Gasteiger partial charge in [0.2, 0.25) is 0 Å². The summed E-state index contributed by atoms with van der Waals surface area (Å²) < 4.78 is 0. The van der Waals surface area contributed by atoms with Gasteiger partial charge < -0.3 is 4.90 Å². The van der Waals surface area contributed by atoms with Crippen molar-refractivity contribution in [1.82, 2.24) is 4.98 Å². The molecule has 66 valence electrons. The van der Waals surface area contributed by atoms with Crippen LogP contribution >= 0.6 is 22.9 Å². The predicted octanol–water partition coefficient (Wildman–Crippen LogP) is 1.63. The van der Waals surface area contributed by atoms with Gasteiger partial charge in [0.1, 0.15) is 5.69 Å². The molecule has 0 aromatic carbocycles. The Balaban J connectivity index is 2.84. The molecule has 0 aliphatic heterocycles. The summed E-state index contributed by atoms with van der Waals surface area (Å²) >= 11 is 6.81. The Labute approximate surface area is 80.0 Å². The normalized spacial score (nSPS) is 9.92. The number of anilines is 1. The maximum Gasteiger partial charge on any atom is 0.196 e. The molecular formula is C7H9ClN2OS. The van der Waals surface area contributed by atoms with Crippen LogP contribution in [-0.4, -0.2) is 30.7 Å². The second-order valence-electron chi connectivity index (χ2n) is 2.47. The molecule has 12 heavy (non-hydrogen) atoms. The Bertz CT molecular complexity index is 285. The molecule has 0 bridgehead atoms. The zero-order valence-corrected chi connectivity index (χ0v) is 8.45. The maximum atomic E-state index is 11.0. The number of hydrogen-bond acceptors (Lipinski definition) is 4. The second kappa shape index (κ2) is 3.87. The lowest BCUT2D eigenvalue weighted by Gasteiger charge is -2.04. The average Bonchev–Trinajstić information content (AvgIpc) is 2.51. The largest absolute Gasteiger partial charge is 0.354 e. The lowest BCUT2D eigenvalue weighted by molar-refractivity contribution is 0.101. The van der Waals surface area contributed by atoms with Crippen molar-refractivity contribution in [3.8, 4) is 0 Å². The van der Waals surface area contributed by atoms with Crippen LogP contribution in [0.25, 0.3) is 0 Å². The molecule has 0 saturated carbocycles. The number of rotatable bonds is 3. The molecule has 0 radical (unpaired) electrons. The summed E-state index contributed by atoms with van der Waals surface area (Å²) in [5.41, 5.74) is 0.457. The zero-order valence-electron chi connectivity index (χ0n) is 6.87. The molecule has 0 aliphatic carbocycles. The number of thiazole rings is 1. The van der Waals surface area contributed by atoms with Gasteiger partial charge in [-0.3, -0.25) is 4.79 Å². The Kier molecular flexibility index (Phi) is 3.05. The first kappa shape index (κ1) is 9.48. The van der Waals surface area contributed by atoms with Gasteiger partial charge in [-0.2, -0.15) is 0 Å². The predicted molar refractivity (Wildman–Crippen MR) is 51.5 cm³/mol. The molecule has 0 fully saturated rings. The van der Waals surface area contributed by atoms with Crippen molar-refractivity contribution in [2.75, 3.05) is 24.9 Å². The number of Topliss-reactive ketones (excluding diaryl/α,β-unsaturated/α-hetero) is 1. The van der Waals surface area contributed by atoms with E-state index in [1.165, 1.54) is 11.3 Å². The molecule has 0 unspecified atom stereocenters. The lowest BCUT2D eigenvalue weighted by atomic mass is 10.3. The van der Waals surface area contributed by atoms with E-state index in [4.69, 9.17) is 11.6 Å². The molecular weight excluding hydrogens is 196 g/mol. The molecule has 5 heteroatoms. The minimum atomic E-state index is -0.124. The fraction of sp³-hybridized carbons (Fsp3) is 0.429. The molecule has 0 amide bonds. The first-order valence-corrected chi connectivity index (χ1v) is 4.78. The Morgan fingerprint density at radius 3 is 2.83 bits per heavy atom. The van der Waals surface area contributed by atoms with Gasteiger partial charge >= 0.3 is 0 Å². The van der Waals surface area contributed by atoms with E-state index < -0.39 is 0 Å². The van der Waals surface area contributed by atoms with E-state index in [9.17, 15) is 4.79 Å². The van der Waals surface area contributed by atoms with Crippen LogP contribution < -0.4 is 4.90 Å². The van der Waals surface area contributed by atoms with E-state index in [0.29, 0.717) is 5.69 Å². The van der Waals surface area contributed by atoms with Crippen LogP contribution in [0, 0.1) is 0 Å². The Morgan fingerprint density at radius 2 is 2.42 bits per heavy atom. The number of aromatic nitrogens is 1. The van der Waals surface area contributed by atoms with Crippen molar-refractivity contribution in [2.24, 2.45) is 0 Å². The number of carbonyl (C=O) groups is 1. The highest BCUT2D eigenvalue weighted by Crippen LogP contribution is 2.18. The quantitative estimate of drug-likeness (QED) is 0.554. The Hall–Kier alpha value is -0.610. The van der Waals surface area contributed by atoms with Crippen molar-refractivity contribution in [3.05, 3.63) is 11.1 Å². The standard InChI is InChI=1S/C7H9ClN2OS/c1-10(2)7-9-5(4-12-7)6(11)3-8/h4H,3H2,1-2H3. The topological polar surface area (TPSA) is 33.2 Å². The third-order valence-corrected chi connectivity index (χ3v) is 2.53. The van der Waals surface area contributed by atoms with E-state index in [1.807, 2.05) is 19.0 Å². The summed E-state index contributed by atoms with van der Waals surface area (Å²) in [6.07, 6.45) is 0. The molecule has 1 aromatic rings. The van der Waals surface area contributed by atoms with Crippen LogP contribution in [-0.2, 0) is 0 Å². The van der Waals surface area contributed by atoms with Crippen LogP contribution in [0.1, 0.15) is 10.5 Å². The fourth-order valence-corrected chi connectivity index (χ4v) is 1.57. The van der Waals surface area contributed by atoms with E-state index >= 15 is 0 Å². The highest BCUT2D eigenvalue weighted by molar-refractivity contribution is 7.13. The van der Waals surface area contributed by atoms with Gasteiger partial charge in [0.05, 0.1) is 5.88 Å². The lowest BCUT2D eigenvalue weighted by Crippen LogP contribution is -2.09. The van der Waals surface area contributed by atoms with Gasteiger partial charge in [0.15, 0.2) is 10.9 Å². The monoisotopic (exact) mass is 204 g/mol. The molecule has 3 nitrogen and oxygen atoms in total. The van der Waals surface area contributed by atoms with Gasteiger partial charge in [-0.1, -0.05) is 0 Å². The van der Waals surface area contributed by atoms with Crippen LogP contribution in [0.2, 0.25) is 0 Å². The highest BCUT2D eigenvalue weighted by Gasteiger charge is 2.09. The average molecular weight is 205 g/mol. The van der Waals surface area contributed by atoms with Gasteiger partial charge in [-0.05, 0) is 0 Å². The third-order valence-electron chi connectivity index (χ3n) is 1.28. The molecule has 0 aliphatic rings. The summed E-state index contributed by atoms with van der Waals surface area (Å²) in [7, 11) is 3.77. The number of ketones is 1. The molecule has 0 spiro atoms. The van der Waals surface area contributed by atoms with E-state index in [1.54, 1.807) is 5.38 Å². The first-order chi connectivity index (χ1) is 5.65. The van der Waals surface area contributed by atoms with Crippen LogP contribution in [0.3, 0.4) is 0 Å². The molecule has 1 rings (SSSR count). The number of nitrogens with zero attached hydrogens (tertiary/aromatic N) is 2. The van der Waals surface area contributed by atoms with E-state index in [0.717, 1.165) is 5.13 Å². The Morgan fingerprint density at radius 1 is 1.75 bits per heavy atom. The third kappa shape index (κ3) is 1.95. The second-order valence-corrected chi connectivity index (χ2v) is 3.57. The number of carbonyl (C=O) groups excluding carboxylic acids is 1. The van der Waals surface area contributed by atoms with Crippen molar-refractivity contribution in [3.63, 3.8) is 0 Å². The van der Waals surface area contributed by atoms with Gasteiger partial charge in [0, 0.05) is 19.5 Å². The van der Waals surface area contributed by atoms with Crippen molar-refractivity contribution in [1.29, 1.82) is 0 Å². The maximum absolute atomic E-state index is 11.0. The fourth-order valence-electron chi connectivity index (χ4n) is 0.666. The van der Waals surface area contributed by atoms with Gasteiger partial charge in [0.25, 0.3) is 0 Å². The minimum absolute atomic E-state index is 0.00337. The summed E-state index contributed by atoms with van der Waals surface area (Å²) in [5.74, 6) is -0.127. The minimum Gasteiger partial charge on any atom is -0.354 e. The van der Waals surface area contributed by atoms with Crippen molar-refractivity contribution in [2.45, 2.75) is 0 Å². The smallest absolute Gasteiger partial charge is 0.196 e. The zero-order chi connectivity index (χ0) is 9.14. The summed E-state index contributed by atoms with van der Waals surface area (Å²) in [5, 5.41) is 2.54. The summed E-state index contributed by atoms with van der Waals surface area (Å²) in [4.78, 5) is 17.0. The van der Waals surface area contributed by atoms with Crippen LogP contribution in [0.4, 0.5) is 5.13 Å². The van der Waals surface area contributed by atoms with Crippen molar-refractivity contribution < 1.29 is 4.79 Å². The number of hydrogen-bond donors (Lipinski definition) is 0. The molecule has 0 atom stereocenters. The van der Waals surface area contributed by atoms with Crippen LogP contribution in [0.15, 0.2) is 5.38 Å². The number of alkyl halides is 1. The number of halogens is 1. The first-order valence-electron chi connectivity index (χ1n) is 3.37. The molecule has 0 N–H and O–H groups in total. The molecule has 1 aromatic heterocycles. The summed E-state index contributed by atoms with van der Waals surface area (Å²) in [6.45, 7) is 0. The summed E-state index contributed by atoms with van der Waals surface area (Å²) in [6, 6.07) is 0. The van der Waals surface area contributed by atoms with E-state index in [-0.39, 0.29) is 11.7 Å². The molecule has 0 saturated heterocycles. The van der Waals surface area contributed by atoms with Crippen LogP contribution in [0.5, 0.6) is 0 Å². The highest BCUT2D eigenvalue weighted by atomic mass is 35.5.